The number of hydrogen-bond donors (Lipinski definition) is 3. The second-order valence-electron chi connectivity index (χ2n) is 10.5. The molecule has 3 heterocycles. The monoisotopic (exact) mass is 496 g/mol. The molecule has 0 unspecified atom stereocenters. The van der Waals surface area contributed by atoms with Gasteiger partial charge in [0.15, 0.2) is 0 Å². The van der Waals surface area contributed by atoms with Gasteiger partial charge in [-0.25, -0.2) is 0 Å². The molecule has 3 amide bonds. The first kappa shape index (κ1) is 26.4. The third kappa shape index (κ3) is 6.16. The van der Waals surface area contributed by atoms with Crippen LogP contribution in [0.3, 0.4) is 0 Å². The topological polar surface area (TPSA) is 114 Å². The third-order valence-electron chi connectivity index (χ3n) is 8.08. The normalized spacial score (nSPS) is 28.6. The molecule has 3 aliphatic heterocycles. The van der Waals surface area contributed by atoms with E-state index in [0.717, 1.165) is 12.0 Å². The fraction of sp³-hybridized carbons (Fsp3) is 0.607. The fourth-order valence-corrected chi connectivity index (χ4v) is 5.59. The molecule has 2 fully saturated rings. The van der Waals surface area contributed by atoms with Crippen molar-refractivity contribution < 1.29 is 19.1 Å². The molecule has 0 radical (unpaired) electrons. The summed E-state index contributed by atoms with van der Waals surface area (Å²) >= 11 is 0. The summed E-state index contributed by atoms with van der Waals surface area (Å²) < 4.78 is 5.56. The van der Waals surface area contributed by atoms with Crippen molar-refractivity contribution in [2.24, 2.45) is 17.1 Å². The highest BCUT2D eigenvalue weighted by atomic mass is 16.5. The second-order valence-corrected chi connectivity index (χ2v) is 10.5. The van der Waals surface area contributed by atoms with E-state index in [0.29, 0.717) is 64.8 Å². The Morgan fingerprint density at radius 1 is 1.17 bits per heavy atom. The van der Waals surface area contributed by atoms with E-state index in [1.807, 2.05) is 42.2 Å². The molecule has 4 N–H and O–H groups in total. The van der Waals surface area contributed by atoms with Gasteiger partial charge in [0.1, 0.15) is 6.04 Å². The van der Waals surface area contributed by atoms with E-state index in [4.69, 9.17) is 10.5 Å². The lowest BCUT2D eigenvalue weighted by Crippen LogP contribution is -2.59. The van der Waals surface area contributed by atoms with E-state index < -0.39 is 17.5 Å². The molecule has 8 nitrogen and oxygen atoms in total. The van der Waals surface area contributed by atoms with Crippen LogP contribution < -0.4 is 16.4 Å². The Morgan fingerprint density at radius 2 is 1.92 bits per heavy atom. The van der Waals surface area contributed by atoms with Crippen LogP contribution in [0, 0.1) is 11.3 Å². The lowest BCUT2D eigenvalue weighted by Gasteiger charge is -2.41. The molecule has 4 rings (SSSR count). The molecule has 196 valence electrons. The molecule has 36 heavy (non-hydrogen) atoms. The summed E-state index contributed by atoms with van der Waals surface area (Å²) in [6.45, 7) is 4.13. The zero-order chi connectivity index (χ0) is 25.5. The summed E-state index contributed by atoms with van der Waals surface area (Å²) in [7, 11) is 0. The summed E-state index contributed by atoms with van der Waals surface area (Å²) in [5, 5.41) is 6.36. The number of likely N-dealkylation sites (tertiary alicyclic amines) is 1. The third-order valence-corrected chi connectivity index (χ3v) is 8.08. The molecule has 0 aromatic heterocycles. The molecule has 2 saturated heterocycles. The van der Waals surface area contributed by atoms with Gasteiger partial charge in [-0.05, 0) is 44.1 Å². The average molecular weight is 497 g/mol. The first-order chi connectivity index (χ1) is 17.4. The van der Waals surface area contributed by atoms with Gasteiger partial charge < -0.3 is 26.0 Å². The molecule has 0 aliphatic carbocycles. The minimum Gasteiger partial charge on any atom is -0.381 e. The highest BCUT2D eigenvalue weighted by Crippen LogP contribution is 2.36. The summed E-state index contributed by atoms with van der Waals surface area (Å²) in [5.74, 6) is -0.172. The van der Waals surface area contributed by atoms with Crippen LogP contribution in [0.4, 0.5) is 0 Å². The zero-order valence-corrected chi connectivity index (χ0v) is 21.3. The highest BCUT2D eigenvalue weighted by molar-refractivity contribution is 5.90. The Morgan fingerprint density at radius 3 is 2.64 bits per heavy atom. The number of benzene rings is 1. The number of fused-ring (bicyclic) bond motifs is 1. The van der Waals surface area contributed by atoms with Crippen molar-refractivity contribution in [1.29, 1.82) is 0 Å². The number of amides is 3. The molecule has 8 heteroatoms. The molecular weight excluding hydrogens is 456 g/mol. The van der Waals surface area contributed by atoms with Crippen molar-refractivity contribution >= 4 is 17.7 Å². The molecule has 1 aromatic carbocycles. The van der Waals surface area contributed by atoms with Gasteiger partial charge in [-0.15, -0.1) is 0 Å². The van der Waals surface area contributed by atoms with E-state index in [9.17, 15) is 14.4 Å². The lowest BCUT2D eigenvalue weighted by atomic mass is 9.75. The van der Waals surface area contributed by atoms with Crippen LogP contribution in [0.15, 0.2) is 42.5 Å². The van der Waals surface area contributed by atoms with Crippen molar-refractivity contribution in [3.63, 3.8) is 0 Å². The molecule has 4 atom stereocenters. The molecule has 0 bridgehead atoms. The quantitative estimate of drug-likeness (QED) is 0.551. The first-order valence-corrected chi connectivity index (χ1v) is 13.3. The Bertz CT molecular complexity index is 944. The number of nitrogens with one attached hydrogen (secondary N) is 2. The van der Waals surface area contributed by atoms with Crippen LogP contribution in [0.5, 0.6) is 0 Å². The summed E-state index contributed by atoms with van der Waals surface area (Å²) in [6, 6.07) is 8.55. The van der Waals surface area contributed by atoms with Crippen LogP contribution in [0.25, 0.3) is 0 Å². The zero-order valence-electron chi connectivity index (χ0n) is 21.3. The number of rotatable bonds is 4. The van der Waals surface area contributed by atoms with Crippen LogP contribution in [0.1, 0.15) is 51.0 Å². The van der Waals surface area contributed by atoms with Crippen molar-refractivity contribution in [3.05, 3.63) is 48.0 Å². The Balaban J connectivity index is 1.59. The Hall–Kier alpha value is -2.71. The average Bonchev–Trinajstić information content (AvgIpc) is 2.91. The van der Waals surface area contributed by atoms with Crippen LogP contribution in [-0.2, 0) is 25.5 Å². The van der Waals surface area contributed by atoms with E-state index in [-0.39, 0.29) is 29.7 Å². The number of carbonyl (C=O) groups excluding carboxylic acids is 3. The molecule has 1 aromatic rings. The van der Waals surface area contributed by atoms with E-state index in [2.05, 4.69) is 22.8 Å². The Labute approximate surface area is 214 Å². The van der Waals surface area contributed by atoms with Gasteiger partial charge >= 0.3 is 0 Å². The van der Waals surface area contributed by atoms with Crippen molar-refractivity contribution in [2.75, 3.05) is 26.3 Å². The number of nitrogens with two attached hydrogens (primary N) is 1. The maximum Gasteiger partial charge on any atom is 0.243 e. The number of ether oxygens (including phenoxy) is 1. The standard InChI is InChI=1S/C28H40N4O4/c1-2-22(29)26(34)32-15-11-23-21(19-32)10-6-7-12-28(13-16-36-17-14-28)27(35)31-24(25(33)30-23)18-20-8-4-3-5-9-20/h3-9,21-24H,2,10-19,29H2,1H3,(H,30,33)(H,31,35)/b7-6+/t21-,22-,23+,24+/m0/s1. The van der Waals surface area contributed by atoms with Gasteiger partial charge in [0.05, 0.1) is 11.5 Å². The number of nitrogens with zero attached hydrogens (tertiary/aromatic N) is 1. The van der Waals surface area contributed by atoms with Crippen molar-refractivity contribution in [2.45, 2.75) is 70.0 Å². The summed E-state index contributed by atoms with van der Waals surface area (Å²) in [5.41, 5.74) is 6.45. The molecule has 0 saturated carbocycles. The minimum atomic E-state index is -0.670. The fourth-order valence-electron chi connectivity index (χ4n) is 5.59. The van der Waals surface area contributed by atoms with Crippen LogP contribution >= 0.6 is 0 Å². The van der Waals surface area contributed by atoms with Gasteiger partial charge in [0.25, 0.3) is 0 Å². The molecule has 1 spiro atoms. The second kappa shape index (κ2) is 12.0. The first-order valence-electron chi connectivity index (χ1n) is 13.3. The predicted molar refractivity (Wildman–Crippen MR) is 138 cm³/mol. The van der Waals surface area contributed by atoms with Crippen LogP contribution in [0.2, 0.25) is 0 Å². The van der Waals surface area contributed by atoms with Crippen molar-refractivity contribution in [1.82, 2.24) is 15.5 Å². The highest BCUT2D eigenvalue weighted by Gasteiger charge is 2.41. The maximum absolute atomic E-state index is 13.6. The summed E-state index contributed by atoms with van der Waals surface area (Å²) in [6.07, 6.45) is 8.52. The van der Waals surface area contributed by atoms with Gasteiger partial charge in [0.2, 0.25) is 17.7 Å². The number of allylic oxidation sites excluding steroid dienone is 2. The van der Waals surface area contributed by atoms with Gasteiger partial charge in [-0.3, -0.25) is 14.4 Å². The van der Waals surface area contributed by atoms with E-state index in [1.54, 1.807) is 0 Å². The predicted octanol–water partition coefficient (Wildman–Crippen LogP) is 1.93. The largest absolute Gasteiger partial charge is 0.381 e. The van der Waals surface area contributed by atoms with Crippen molar-refractivity contribution in [3.8, 4) is 0 Å². The molecule has 3 aliphatic rings. The SMILES string of the molecule is CC[C@H](N)C(=O)N1CC[C@H]2NC(=O)[C@@H](Cc3ccccc3)NC(=O)C3(C/C=C/C[C@H]2C1)CCOCC3. The Kier molecular flexibility index (Phi) is 8.80. The van der Waals surface area contributed by atoms with Gasteiger partial charge in [-0.1, -0.05) is 49.4 Å². The van der Waals surface area contributed by atoms with Gasteiger partial charge in [-0.2, -0.15) is 0 Å². The van der Waals surface area contributed by atoms with Gasteiger partial charge in [0, 0.05) is 44.7 Å². The smallest absolute Gasteiger partial charge is 0.243 e. The number of hydrogen-bond acceptors (Lipinski definition) is 5. The molecular formula is C28H40N4O4. The minimum absolute atomic E-state index is 0.0206. The lowest BCUT2D eigenvalue weighted by molar-refractivity contribution is -0.140. The number of carbonyl (C=O) groups is 3. The number of piperidine rings is 1. The van der Waals surface area contributed by atoms with E-state index in [1.165, 1.54) is 0 Å². The maximum atomic E-state index is 13.6. The van der Waals surface area contributed by atoms with E-state index >= 15 is 0 Å². The summed E-state index contributed by atoms with van der Waals surface area (Å²) in [4.78, 5) is 41.8. The van der Waals surface area contributed by atoms with Crippen LogP contribution in [-0.4, -0.2) is 67.1 Å².